The molecule has 8 heteroatoms. The minimum absolute atomic E-state index is 0. The Kier molecular flexibility index (Phi) is 8.84. The first-order valence-corrected chi connectivity index (χ1v) is 9.67. The largest absolute Gasteiger partial charge is 0.369 e. The minimum Gasteiger partial charge on any atom is -0.369 e. The average molecular weight is 525 g/mol. The van der Waals surface area contributed by atoms with Gasteiger partial charge in [-0.05, 0) is 61.7 Å². The van der Waals surface area contributed by atoms with E-state index in [-0.39, 0.29) is 48.2 Å². The summed E-state index contributed by atoms with van der Waals surface area (Å²) in [5, 5.41) is 15.5. The first-order valence-electron chi connectivity index (χ1n) is 9.67. The molecule has 1 unspecified atom stereocenters. The average Bonchev–Trinajstić information content (AvgIpc) is 2.72. The lowest BCUT2D eigenvalue weighted by molar-refractivity contribution is 0.467. The number of nitriles is 1. The van der Waals surface area contributed by atoms with Gasteiger partial charge in [0.15, 0.2) is 5.96 Å². The Hall–Kier alpha value is -2.41. The summed E-state index contributed by atoms with van der Waals surface area (Å²) in [5.74, 6) is -0.00717. The SMILES string of the molecule is CN=C(NCc1cc(C#N)ccc1F)NC1CCCN(c2ccc(F)cc2C)C1.I. The van der Waals surface area contributed by atoms with E-state index in [1.165, 1.54) is 24.3 Å². The molecule has 0 aromatic heterocycles. The van der Waals surface area contributed by atoms with Crippen molar-refractivity contribution in [3.63, 3.8) is 0 Å². The summed E-state index contributed by atoms with van der Waals surface area (Å²) in [6.07, 6.45) is 1.99. The molecule has 0 spiro atoms. The highest BCUT2D eigenvalue weighted by Gasteiger charge is 2.22. The lowest BCUT2D eigenvalue weighted by atomic mass is 10.0. The van der Waals surface area contributed by atoms with Crippen LogP contribution in [0.25, 0.3) is 0 Å². The van der Waals surface area contributed by atoms with Crippen molar-refractivity contribution in [1.29, 1.82) is 5.26 Å². The molecule has 3 rings (SSSR count). The maximum atomic E-state index is 14.0. The summed E-state index contributed by atoms with van der Waals surface area (Å²) in [5.41, 5.74) is 2.79. The third kappa shape index (κ3) is 6.05. The summed E-state index contributed by atoms with van der Waals surface area (Å²) in [6.45, 7) is 3.84. The van der Waals surface area contributed by atoms with Crippen LogP contribution in [0, 0.1) is 29.9 Å². The quantitative estimate of drug-likeness (QED) is 0.359. The van der Waals surface area contributed by atoms with Crippen LogP contribution >= 0.6 is 24.0 Å². The Balaban J connectivity index is 0.00000320. The second kappa shape index (κ2) is 11.1. The van der Waals surface area contributed by atoms with Gasteiger partial charge in [0.25, 0.3) is 0 Å². The fourth-order valence-electron chi connectivity index (χ4n) is 3.63. The Morgan fingerprint density at radius 3 is 2.77 bits per heavy atom. The molecule has 1 aliphatic heterocycles. The molecule has 1 heterocycles. The van der Waals surface area contributed by atoms with E-state index in [1.807, 2.05) is 19.1 Å². The van der Waals surface area contributed by atoms with Gasteiger partial charge in [0, 0.05) is 44.0 Å². The Labute approximate surface area is 193 Å². The van der Waals surface area contributed by atoms with Gasteiger partial charge < -0.3 is 15.5 Å². The number of aryl methyl sites for hydroxylation is 1. The zero-order chi connectivity index (χ0) is 20.8. The minimum atomic E-state index is -0.359. The van der Waals surface area contributed by atoms with E-state index >= 15 is 0 Å². The van der Waals surface area contributed by atoms with Gasteiger partial charge in [-0.2, -0.15) is 5.26 Å². The van der Waals surface area contributed by atoms with Crippen LogP contribution in [0.5, 0.6) is 0 Å². The molecule has 1 saturated heterocycles. The maximum Gasteiger partial charge on any atom is 0.191 e. The second-order valence-electron chi connectivity index (χ2n) is 7.20. The van der Waals surface area contributed by atoms with Crippen LogP contribution in [0.2, 0.25) is 0 Å². The Morgan fingerprint density at radius 2 is 2.07 bits per heavy atom. The Bertz CT molecular complexity index is 942. The van der Waals surface area contributed by atoms with Crippen molar-refractivity contribution in [2.45, 2.75) is 32.4 Å². The number of anilines is 1. The predicted molar refractivity (Wildman–Crippen MR) is 126 cm³/mol. The van der Waals surface area contributed by atoms with Gasteiger partial charge in [0.05, 0.1) is 11.6 Å². The van der Waals surface area contributed by atoms with Crippen LogP contribution in [-0.4, -0.2) is 32.1 Å². The molecule has 0 radical (unpaired) electrons. The maximum absolute atomic E-state index is 14.0. The van der Waals surface area contributed by atoms with Gasteiger partial charge in [-0.15, -0.1) is 24.0 Å². The van der Waals surface area contributed by atoms with Crippen molar-refractivity contribution in [3.8, 4) is 6.07 Å². The van der Waals surface area contributed by atoms with E-state index in [9.17, 15) is 8.78 Å². The fraction of sp³-hybridized carbons (Fsp3) is 0.364. The number of nitrogens with one attached hydrogen (secondary N) is 2. The topological polar surface area (TPSA) is 63.5 Å². The highest BCUT2D eigenvalue weighted by molar-refractivity contribution is 14.0. The van der Waals surface area contributed by atoms with Gasteiger partial charge in [0.2, 0.25) is 0 Å². The molecule has 30 heavy (non-hydrogen) atoms. The number of halogens is 3. The molecule has 1 aliphatic rings. The van der Waals surface area contributed by atoms with Crippen LogP contribution in [-0.2, 0) is 6.54 Å². The smallest absolute Gasteiger partial charge is 0.191 e. The first-order chi connectivity index (χ1) is 14.0. The number of nitrogens with zero attached hydrogens (tertiary/aromatic N) is 3. The zero-order valence-electron chi connectivity index (χ0n) is 17.1. The molecule has 2 aromatic carbocycles. The first kappa shape index (κ1) is 23.9. The fourth-order valence-corrected chi connectivity index (χ4v) is 3.63. The molecule has 1 atom stereocenters. The molecule has 160 valence electrons. The number of hydrogen-bond acceptors (Lipinski definition) is 3. The summed E-state index contributed by atoms with van der Waals surface area (Å²) in [7, 11) is 1.67. The van der Waals surface area contributed by atoms with E-state index in [2.05, 4.69) is 20.5 Å². The highest BCUT2D eigenvalue weighted by atomic mass is 127. The highest BCUT2D eigenvalue weighted by Crippen LogP contribution is 2.24. The molecular weight excluding hydrogens is 499 g/mol. The van der Waals surface area contributed by atoms with Gasteiger partial charge in [-0.3, -0.25) is 4.99 Å². The third-order valence-electron chi connectivity index (χ3n) is 5.11. The molecule has 1 fully saturated rings. The summed E-state index contributed by atoms with van der Waals surface area (Å²) < 4.78 is 27.4. The van der Waals surface area contributed by atoms with Crippen molar-refractivity contribution in [1.82, 2.24) is 10.6 Å². The van der Waals surface area contributed by atoms with Crippen molar-refractivity contribution in [2.75, 3.05) is 25.0 Å². The van der Waals surface area contributed by atoms with Crippen molar-refractivity contribution >= 4 is 35.6 Å². The summed E-state index contributed by atoms with van der Waals surface area (Å²) >= 11 is 0. The van der Waals surface area contributed by atoms with Crippen molar-refractivity contribution in [3.05, 3.63) is 64.7 Å². The normalized spacial score (nSPS) is 16.4. The van der Waals surface area contributed by atoms with Crippen LogP contribution in [0.3, 0.4) is 0 Å². The van der Waals surface area contributed by atoms with E-state index in [0.717, 1.165) is 37.2 Å². The number of guanidine groups is 1. The Morgan fingerprint density at radius 1 is 1.27 bits per heavy atom. The number of benzene rings is 2. The monoisotopic (exact) mass is 525 g/mol. The van der Waals surface area contributed by atoms with E-state index < -0.39 is 0 Å². The van der Waals surface area contributed by atoms with Crippen LogP contribution < -0.4 is 15.5 Å². The van der Waals surface area contributed by atoms with E-state index in [1.54, 1.807) is 13.1 Å². The number of piperidine rings is 1. The molecule has 0 bridgehead atoms. The number of hydrogen-bond donors (Lipinski definition) is 2. The van der Waals surface area contributed by atoms with Gasteiger partial charge in [0.1, 0.15) is 11.6 Å². The molecule has 2 aromatic rings. The van der Waals surface area contributed by atoms with Crippen LogP contribution in [0.1, 0.15) is 29.5 Å². The standard InChI is InChI=1S/C22H25F2N5.HI/c1-15-10-18(23)6-8-21(15)29-9-3-4-19(14-29)28-22(26-2)27-13-17-11-16(12-25)5-7-20(17)24;/h5-8,10-11,19H,3-4,9,13-14H2,1-2H3,(H2,26,27,28);1H. The number of rotatable bonds is 4. The van der Waals surface area contributed by atoms with Gasteiger partial charge in [-0.1, -0.05) is 0 Å². The van der Waals surface area contributed by atoms with Crippen LogP contribution in [0.15, 0.2) is 41.4 Å². The predicted octanol–water partition coefficient (Wildman–Crippen LogP) is 4.10. The summed E-state index contributed by atoms with van der Waals surface area (Å²) in [4.78, 5) is 6.48. The molecule has 2 N–H and O–H groups in total. The van der Waals surface area contributed by atoms with Gasteiger partial charge >= 0.3 is 0 Å². The van der Waals surface area contributed by atoms with Gasteiger partial charge in [-0.25, -0.2) is 8.78 Å². The number of aliphatic imine (C=N–C) groups is 1. The lowest BCUT2D eigenvalue weighted by Gasteiger charge is -2.36. The van der Waals surface area contributed by atoms with E-state index in [4.69, 9.17) is 5.26 Å². The van der Waals surface area contributed by atoms with Crippen molar-refractivity contribution < 1.29 is 8.78 Å². The molecule has 0 amide bonds. The van der Waals surface area contributed by atoms with Crippen molar-refractivity contribution in [2.24, 2.45) is 4.99 Å². The second-order valence-corrected chi connectivity index (χ2v) is 7.20. The molecular formula is C22H26F2IN5. The zero-order valence-corrected chi connectivity index (χ0v) is 19.4. The summed E-state index contributed by atoms with van der Waals surface area (Å²) in [6, 6.07) is 11.3. The molecule has 0 saturated carbocycles. The lowest BCUT2D eigenvalue weighted by Crippen LogP contribution is -2.51. The van der Waals surface area contributed by atoms with Crippen LogP contribution in [0.4, 0.5) is 14.5 Å². The molecule has 0 aliphatic carbocycles. The molecule has 5 nitrogen and oxygen atoms in total. The third-order valence-corrected chi connectivity index (χ3v) is 5.11. The van der Waals surface area contributed by atoms with E-state index in [0.29, 0.717) is 17.1 Å².